The number of rotatable bonds is 4. The van der Waals surface area contributed by atoms with E-state index in [1.807, 2.05) is 26.0 Å². The molecule has 0 fully saturated rings. The zero-order valence-electron chi connectivity index (χ0n) is 8.90. The van der Waals surface area contributed by atoms with Gasteiger partial charge in [0.05, 0.1) is 0 Å². The van der Waals surface area contributed by atoms with E-state index in [1.54, 1.807) is 0 Å². The summed E-state index contributed by atoms with van der Waals surface area (Å²) in [5.41, 5.74) is 0. The van der Waals surface area contributed by atoms with Gasteiger partial charge in [-0.1, -0.05) is 19.1 Å². The molecule has 0 saturated heterocycles. The van der Waals surface area contributed by atoms with Crippen molar-refractivity contribution < 1.29 is 9.00 Å². The van der Waals surface area contributed by atoms with E-state index in [0.717, 1.165) is 6.42 Å². The highest BCUT2D eigenvalue weighted by Crippen LogP contribution is 2.06. The van der Waals surface area contributed by atoms with Gasteiger partial charge in [0.2, 0.25) is 0 Å². The molecule has 0 heterocycles. The first kappa shape index (κ1) is 13.3. The monoisotopic (exact) mass is 218 g/mol. The first-order chi connectivity index (χ1) is 6.37. The lowest BCUT2D eigenvalue weighted by Crippen LogP contribution is -2.22. The van der Waals surface area contributed by atoms with Crippen LogP contribution in [0.4, 0.5) is 0 Å². The topological polar surface area (TPSA) is 72.5 Å². The number of amides is 1. The number of hydrogen-bond donors (Lipinski definition) is 1. The summed E-state index contributed by atoms with van der Waals surface area (Å²) in [4.78, 5) is 10.6. The first-order valence-electron chi connectivity index (χ1n) is 4.51. The zero-order chi connectivity index (χ0) is 11.2. The number of hydrogen-bond acceptors (Lipinski definition) is 2. The SMILES string of the molecule is C/C=C\C[C@H](C)C[S@@](N)(=O)=NC(C)=O. The second-order valence-corrected chi connectivity index (χ2v) is 5.27. The fourth-order valence-electron chi connectivity index (χ4n) is 1.10. The van der Waals surface area contributed by atoms with E-state index >= 15 is 0 Å². The molecule has 0 aromatic rings. The van der Waals surface area contributed by atoms with Crippen LogP contribution in [-0.2, 0) is 14.7 Å². The van der Waals surface area contributed by atoms with Crippen molar-refractivity contribution in [3.05, 3.63) is 12.2 Å². The average Bonchev–Trinajstić information content (AvgIpc) is 1.96. The van der Waals surface area contributed by atoms with Crippen LogP contribution < -0.4 is 5.14 Å². The fraction of sp³-hybridized carbons (Fsp3) is 0.667. The van der Waals surface area contributed by atoms with E-state index in [4.69, 9.17) is 5.14 Å². The summed E-state index contributed by atoms with van der Waals surface area (Å²) in [5, 5.41) is 5.41. The van der Waals surface area contributed by atoms with E-state index in [9.17, 15) is 9.00 Å². The maximum Gasteiger partial charge on any atom is 0.251 e. The molecule has 0 aliphatic carbocycles. The normalized spacial score (nSPS) is 17.7. The highest BCUT2D eigenvalue weighted by Gasteiger charge is 2.09. The molecule has 1 amide bonds. The maximum atomic E-state index is 11.5. The van der Waals surface area contributed by atoms with Gasteiger partial charge in [-0.3, -0.25) is 4.79 Å². The van der Waals surface area contributed by atoms with Crippen LogP contribution in [0.3, 0.4) is 0 Å². The van der Waals surface area contributed by atoms with Gasteiger partial charge in [0.15, 0.2) is 0 Å². The van der Waals surface area contributed by atoms with Crippen molar-refractivity contribution in [1.82, 2.24) is 0 Å². The van der Waals surface area contributed by atoms with Crippen LogP contribution in [0.25, 0.3) is 0 Å². The molecule has 2 atom stereocenters. The highest BCUT2D eigenvalue weighted by molar-refractivity contribution is 7.91. The minimum absolute atomic E-state index is 0.173. The molecule has 0 saturated carbocycles. The second-order valence-electron chi connectivity index (χ2n) is 3.38. The summed E-state index contributed by atoms with van der Waals surface area (Å²) < 4.78 is 14.9. The van der Waals surface area contributed by atoms with Crippen molar-refractivity contribution in [2.24, 2.45) is 15.4 Å². The predicted molar refractivity (Wildman–Crippen MR) is 58.9 cm³/mol. The van der Waals surface area contributed by atoms with Gasteiger partial charge < -0.3 is 0 Å². The molecule has 0 spiro atoms. The molecule has 0 aliphatic rings. The molecule has 0 aromatic heterocycles. The third-order valence-electron chi connectivity index (χ3n) is 1.58. The van der Waals surface area contributed by atoms with Gasteiger partial charge in [0.1, 0.15) is 9.92 Å². The summed E-state index contributed by atoms with van der Waals surface area (Å²) in [6.45, 7) is 5.11. The Morgan fingerprint density at radius 1 is 1.64 bits per heavy atom. The molecule has 82 valence electrons. The molecule has 0 unspecified atom stereocenters. The number of carbonyl (C=O) groups excluding carboxylic acids is 1. The van der Waals surface area contributed by atoms with E-state index in [-0.39, 0.29) is 11.7 Å². The lowest BCUT2D eigenvalue weighted by molar-refractivity contribution is -0.115. The number of allylic oxidation sites excluding steroid dienone is 2. The van der Waals surface area contributed by atoms with Gasteiger partial charge in [-0.25, -0.2) is 9.35 Å². The summed E-state index contributed by atoms with van der Waals surface area (Å²) in [7, 11) is -2.82. The van der Waals surface area contributed by atoms with Crippen molar-refractivity contribution in [2.75, 3.05) is 5.75 Å². The van der Waals surface area contributed by atoms with E-state index in [1.165, 1.54) is 6.92 Å². The summed E-state index contributed by atoms with van der Waals surface area (Å²) in [6.07, 6.45) is 4.71. The van der Waals surface area contributed by atoms with Crippen LogP contribution >= 0.6 is 0 Å². The Hall–Kier alpha value is -0.680. The van der Waals surface area contributed by atoms with Crippen molar-refractivity contribution in [2.45, 2.75) is 27.2 Å². The molecule has 0 radical (unpaired) electrons. The number of carbonyl (C=O) groups is 1. The smallest absolute Gasteiger partial charge is 0.251 e. The molecule has 0 bridgehead atoms. The second kappa shape index (κ2) is 5.93. The van der Waals surface area contributed by atoms with Gasteiger partial charge in [0.25, 0.3) is 5.91 Å². The molecule has 2 N–H and O–H groups in total. The van der Waals surface area contributed by atoms with Crippen molar-refractivity contribution in [1.29, 1.82) is 0 Å². The summed E-state index contributed by atoms with van der Waals surface area (Å²) in [5.74, 6) is -0.0424. The minimum Gasteiger partial charge on any atom is -0.272 e. The average molecular weight is 218 g/mol. The van der Waals surface area contributed by atoms with Crippen molar-refractivity contribution >= 4 is 15.8 Å². The van der Waals surface area contributed by atoms with Gasteiger partial charge >= 0.3 is 0 Å². The predicted octanol–water partition coefficient (Wildman–Crippen LogP) is 1.48. The lowest BCUT2D eigenvalue weighted by Gasteiger charge is -2.08. The van der Waals surface area contributed by atoms with Crippen LogP contribution in [0, 0.1) is 5.92 Å². The largest absolute Gasteiger partial charge is 0.272 e. The van der Waals surface area contributed by atoms with Crippen LogP contribution in [0.5, 0.6) is 0 Å². The molecule has 0 aliphatic heterocycles. The Morgan fingerprint density at radius 2 is 2.21 bits per heavy atom. The molecule has 0 rings (SSSR count). The summed E-state index contributed by atoms with van der Waals surface area (Å²) in [6, 6.07) is 0. The zero-order valence-corrected chi connectivity index (χ0v) is 9.71. The third-order valence-corrected chi connectivity index (χ3v) is 3.19. The maximum absolute atomic E-state index is 11.5. The Morgan fingerprint density at radius 3 is 2.64 bits per heavy atom. The Labute approximate surface area is 85.9 Å². The number of nitrogens with two attached hydrogens (primary N) is 1. The summed E-state index contributed by atoms with van der Waals surface area (Å²) >= 11 is 0. The Bertz CT molecular complexity index is 328. The first-order valence-corrected chi connectivity index (χ1v) is 6.26. The Balaban J connectivity index is 4.36. The van der Waals surface area contributed by atoms with Crippen LogP contribution in [0.2, 0.25) is 0 Å². The molecule has 14 heavy (non-hydrogen) atoms. The minimum atomic E-state index is -2.82. The van der Waals surface area contributed by atoms with Crippen LogP contribution in [0.1, 0.15) is 27.2 Å². The number of nitrogens with zero attached hydrogens (tertiary/aromatic N) is 1. The van der Waals surface area contributed by atoms with Crippen LogP contribution in [-0.4, -0.2) is 15.9 Å². The molecular formula is C9H18N2O2S. The molecular weight excluding hydrogens is 200 g/mol. The van der Waals surface area contributed by atoms with Crippen LogP contribution in [0.15, 0.2) is 16.5 Å². The van der Waals surface area contributed by atoms with Gasteiger partial charge in [-0.15, -0.1) is 4.36 Å². The third kappa shape index (κ3) is 6.80. The van der Waals surface area contributed by atoms with Gasteiger partial charge in [-0.2, -0.15) is 0 Å². The van der Waals surface area contributed by atoms with Crippen molar-refractivity contribution in [3.63, 3.8) is 0 Å². The molecule has 5 heteroatoms. The van der Waals surface area contributed by atoms with E-state index < -0.39 is 15.8 Å². The lowest BCUT2D eigenvalue weighted by atomic mass is 10.1. The van der Waals surface area contributed by atoms with Gasteiger partial charge in [0, 0.05) is 12.7 Å². The highest BCUT2D eigenvalue weighted by atomic mass is 32.2. The van der Waals surface area contributed by atoms with E-state index in [2.05, 4.69) is 4.36 Å². The van der Waals surface area contributed by atoms with E-state index in [0.29, 0.717) is 0 Å². The quantitative estimate of drug-likeness (QED) is 0.726. The fourth-order valence-corrected chi connectivity index (χ4v) is 2.56. The van der Waals surface area contributed by atoms with Gasteiger partial charge in [-0.05, 0) is 19.3 Å². The molecule has 0 aromatic carbocycles. The molecule has 4 nitrogen and oxygen atoms in total. The Kier molecular flexibility index (Phi) is 5.64. The standard InChI is InChI=1S/C9H18N2O2S/c1-4-5-6-8(2)7-14(10,13)11-9(3)12/h4-5,8H,6-7H2,1-3H3,(H2,10,11,12,13)/b5-4-/t8-,14-/m0/s1. The van der Waals surface area contributed by atoms with Crippen molar-refractivity contribution in [3.8, 4) is 0 Å².